The molecule has 0 bridgehead atoms. The summed E-state index contributed by atoms with van der Waals surface area (Å²) in [5, 5.41) is 14.5. The number of alkyl halides is 3. The van der Waals surface area contributed by atoms with E-state index in [2.05, 4.69) is 10.6 Å². The fourth-order valence-corrected chi connectivity index (χ4v) is 6.69. The zero-order valence-electron chi connectivity index (χ0n) is 29.3. The summed E-state index contributed by atoms with van der Waals surface area (Å²) in [7, 11) is 0. The van der Waals surface area contributed by atoms with Crippen molar-refractivity contribution in [1.82, 2.24) is 15.1 Å². The molecule has 0 radical (unpaired) electrons. The Hall–Kier alpha value is -5.95. The Kier molecular flexibility index (Phi) is 10.6. The van der Waals surface area contributed by atoms with Gasteiger partial charge in [-0.15, -0.1) is 0 Å². The number of ether oxygens (including phenoxy) is 3. The second kappa shape index (κ2) is 15.2. The number of anilines is 1. The Morgan fingerprint density at radius 2 is 1.74 bits per heavy atom. The molecule has 6 rings (SSSR count). The van der Waals surface area contributed by atoms with Crippen molar-refractivity contribution in [1.29, 1.82) is 5.26 Å². The van der Waals surface area contributed by atoms with Gasteiger partial charge in [0.05, 0.1) is 41.5 Å². The number of nitriles is 1. The average molecular weight is 748 g/mol. The number of nitrogens with zero attached hydrogens (tertiary/aromatic N) is 3. The average Bonchev–Trinajstić information content (AvgIpc) is 3.50. The molecule has 3 heterocycles. The summed E-state index contributed by atoms with van der Waals surface area (Å²) in [6.07, 6.45) is -5.70. The topological polar surface area (TPSA) is 167 Å². The van der Waals surface area contributed by atoms with Gasteiger partial charge < -0.3 is 24.4 Å². The van der Waals surface area contributed by atoms with Gasteiger partial charge in [0.25, 0.3) is 17.7 Å². The van der Waals surface area contributed by atoms with Crippen LogP contribution < -0.4 is 20.1 Å². The predicted molar refractivity (Wildman–Crippen MR) is 184 cm³/mol. The minimum atomic E-state index is -4.75. The number of benzene rings is 3. The Morgan fingerprint density at radius 3 is 2.44 bits per heavy atom. The number of likely N-dealkylation sites (tertiary alicyclic amines) is 1. The van der Waals surface area contributed by atoms with E-state index in [-0.39, 0.29) is 61.1 Å². The van der Waals surface area contributed by atoms with E-state index >= 15 is 0 Å². The fourth-order valence-electron chi connectivity index (χ4n) is 6.69. The summed E-state index contributed by atoms with van der Waals surface area (Å²) < 4.78 is 57.6. The van der Waals surface area contributed by atoms with Crippen LogP contribution in [0.4, 0.5) is 18.9 Å². The van der Waals surface area contributed by atoms with Gasteiger partial charge in [-0.05, 0) is 54.4 Å². The first-order chi connectivity index (χ1) is 25.7. The first-order valence-corrected chi connectivity index (χ1v) is 17.1. The molecule has 0 aliphatic carbocycles. The van der Waals surface area contributed by atoms with Gasteiger partial charge in [0.1, 0.15) is 24.1 Å². The number of carbonyl (C=O) groups is 5. The van der Waals surface area contributed by atoms with E-state index in [1.165, 1.54) is 18.2 Å². The van der Waals surface area contributed by atoms with Crippen molar-refractivity contribution in [3.63, 3.8) is 0 Å². The molecule has 2 fully saturated rings. The number of piperidine rings is 1. The molecule has 16 heteroatoms. The second-order valence-corrected chi connectivity index (χ2v) is 13.7. The number of carbonyl (C=O) groups excluding carboxylic acids is 5. The molecule has 2 unspecified atom stereocenters. The standard InChI is InChI=1S/C38H36F3N5O8/c1-37(2)21-45(36(51)32(37)54-25-11-8-23(19-42)27(18-25)38(39,40)41)20-22-6-9-24(10-7-22)43-14-15-52-16-17-53-29-5-3-4-26-31(29)35(50)46(34(26)49)28-12-13-30(47)44-33(28)48/h3-11,18,28,32,43H,12-17,20-21H2,1-2H3,(H,44,47,48). The summed E-state index contributed by atoms with van der Waals surface area (Å²) in [6.45, 7) is 5.25. The highest BCUT2D eigenvalue weighted by molar-refractivity contribution is 6.24. The summed E-state index contributed by atoms with van der Waals surface area (Å²) in [6, 6.07) is 15.5. The highest BCUT2D eigenvalue weighted by atomic mass is 19.4. The molecule has 282 valence electrons. The molecule has 3 aromatic rings. The van der Waals surface area contributed by atoms with Crippen LogP contribution in [0.15, 0.2) is 60.7 Å². The van der Waals surface area contributed by atoms with Crippen LogP contribution >= 0.6 is 0 Å². The van der Waals surface area contributed by atoms with Crippen LogP contribution in [-0.2, 0) is 31.8 Å². The smallest absolute Gasteiger partial charge is 0.417 e. The number of fused-ring (bicyclic) bond motifs is 1. The predicted octanol–water partition coefficient (Wildman–Crippen LogP) is 4.30. The van der Waals surface area contributed by atoms with Gasteiger partial charge in [-0.2, -0.15) is 18.4 Å². The molecule has 2 saturated heterocycles. The van der Waals surface area contributed by atoms with E-state index in [0.717, 1.165) is 28.3 Å². The van der Waals surface area contributed by atoms with E-state index in [9.17, 15) is 37.1 Å². The van der Waals surface area contributed by atoms with Gasteiger partial charge in [0, 0.05) is 37.2 Å². The molecule has 3 aliphatic heterocycles. The first-order valence-electron chi connectivity index (χ1n) is 17.1. The number of hydrogen-bond acceptors (Lipinski definition) is 10. The van der Waals surface area contributed by atoms with Crippen LogP contribution in [0.5, 0.6) is 11.5 Å². The molecule has 5 amide bonds. The Labute approximate surface area is 307 Å². The van der Waals surface area contributed by atoms with Crippen LogP contribution in [0.2, 0.25) is 0 Å². The van der Waals surface area contributed by atoms with Crippen LogP contribution in [0.3, 0.4) is 0 Å². The number of rotatable bonds is 13. The molecule has 0 saturated carbocycles. The summed E-state index contributed by atoms with van der Waals surface area (Å²) in [4.78, 5) is 65.9. The number of nitrogens with one attached hydrogen (secondary N) is 2. The summed E-state index contributed by atoms with van der Waals surface area (Å²) in [5.41, 5.74) is -0.524. The van der Waals surface area contributed by atoms with Crippen LogP contribution in [0.1, 0.15) is 64.1 Å². The Bertz CT molecular complexity index is 2030. The van der Waals surface area contributed by atoms with Crippen molar-refractivity contribution < 1.29 is 51.4 Å². The van der Waals surface area contributed by atoms with Gasteiger partial charge in [0.15, 0.2) is 6.10 Å². The minimum absolute atomic E-state index is 0.0220. The molecule has 13 nitrogen and oxygen atoms in total. The summed E-state index contributed by atoms with van der Waals surface area (Å²) >= 11 is 0. The fraction of sp³-hybridized carbons (Fsp3) is 0.368. The van der Waals surface area contributed by atoms with Crippen molar-refractivity contribution in [3.8, 4) is 17.6 Å². The zero-order chi connectivity index (χ0) is 38.8. The number of imide groups is 2. The molecular weight excluding hydrogens is 711 g/mol. The van der Waals surface area contributed by atoms with Crippen molar-refractivity contribution in [2.45, 2.75) is 51.6 Å². The Balaban J connectivity index is 0.939. The first kappa shape index (κ1) is 37.8. The lowest BCUT2D eigenvalue weighted by molar-refractivity contribution is -0.138. The molecule has 3 aromatic carbocycles. The van der Waals surface area contributed by atoms with Gasteiger partial charge >= 0.3 is 6.18 Å². The van der Waals surface area contributed by atoms with E-state index in [0.29, 0.717) is 19.7 Å². The van der Waals surface area contributed by atoms with Crippen molar-refractivity contribution in [2.24, 2.45) is 5.41 Å². The number of hydrogen-bond donors (Lipinski definition) is 2. The molecule has 3 aliphatic rings. The molecule has 0 aromatic heterocycles. The number of halogens is 3. The van der Waals surface area contributed by atoms with E-state index in [4.69, 9.17) is 19.5 Å². The van der Waals surface area contributed by atoms with E-state index in [1.54, 1.807) is 30.9 Å². The van der Waals surface area contributed by atoms with Crippen LogP contribution in [-0.4, -0.2) is 84.4 Å². The van der Waals surface area contributed by atoms with E-state index in [1.807, 2.05) is 24.3 Å². The second-order valence-electron chi connectivity index (χ2n) is 13.7. The third-order valence-electron chi connectivity index (χ3n) is 9.33. The quantitative estimate of drug-likeness (QED) is 0.190. The third kappa shape index (κ3) is 7.86. The van der Waals surface area contributed by atoms with Gasteiger partial charge in [0.2, 0.25) is 11.8 Å². The maximum Gasteiger partial charge on any atom is 0.417 e. The molecular formula is C38H36F3N5O8. The maximum absolute atomic E-state index is 13.5. The highest BCUT2D eigenvalue weighted by Gasteiger charge is 2.49. The minimum Gasteiger partial charge on any atom is -0.490 e. The van der Waals surface area contributed by atoms with Crippen LogP contribution in [0, 0.1) is 16.7 Å². The van der Waals surface area contributed by atoms with Crippen molar-refractivity contribution >= 4 is 35.2 Å². The Morgan fingerprint density at radius 1 is 0.981 bits per heavy atom. The van der Waals surface area contributed by atoms with Gasteiger partial charge in [-0.1, -0.05) is 32.0 Å². The van der Waals surface area contributed by atoms with Gasteiger partial charge in [-0.3, -0.25) is 34.2 Å². The highest BCUT2D eigenvalue weighted by Crippen LogP contribution is 2.38. The molecule has 2 atom stereocenters. The van der Waals surface area contributed by atoms with Gasteiger partial charge in [-0.25, -0.2) is 0 Å². The molecule has 54 heavy (non-hydrogen) atoms. The summed E-state index contributed by atoms with van der Waals surface area (Å²) in [5.74, 6) is -2.73. The number of amides is 5. The lowest BCUT2D eigenvalue weighted by Crippen LogP contribution is -2.54. The molecule has 0 spiro atoms. The normalized spacial score (nSPS) is 19.4. The van der Waals surface area contributed by atoms with Crippen molar-refractivity contribution in [3.05, 3.63) is 88.5 Å². The van der Waals surface area contributed by atoms with E-state index < -0.39 is 58.5 Å². The molecule has 2 N–H and O–H groups in total. The monoisotopic (exact) mass is 747 g/mol. The third-order valence-corrected chi connectivity index (χ3v) is 9.33. The zero-order valence-corrected chi connectivity index (χ0v) is 29.3. The largest absolute Gasteiger partial charge is 0.490 e. The maximum atomic E-state index is 13.5. The lowest BCUT2D eigenvalue weighted by Gasteiger charge is -2.27. The van der Waals surface area contributed by atoms with Crippen molar-refractivity contribution in [2.75, 3.05) is 38.2 Å². The SMILES string of the molecule is CC1(C)CN(Cc2ccc(NCCOCCOc3cccc4c3C(=O)N(C3CCC(=O)NC3=O)C4=O)cc2)C(=O)C1Oc1ccc(C#N)c(C(F)(F)F)c1. The lowest BCUT2D eigenvalue weighted by atomic mass is 9.89. The van der Waals surface area contributed by atoms with Crippen LogP contribution in [0.25, 0.3) is 0 Å².